The summed E-state index contributed by atoms with van der Waals surface area (Å²) in [5.41, 5.74) is 1.55. The Hall–Kier alpha value is -0.860. The highest BCUT2D eigenvalue weighted by Crippen LogP contribution is 2.63. The van der Waals surface area contributed by atoms with Crippen LogP contribution in [0.1, 0.15) is 40.0 Å². The van der Waals surface area contributed by atoms with Gasteiger partial charge in [-0.2, -0.15) is 0 Å². The number of hydrogen-bond donors (Lipinski definition) is 2. The molecule has 22 heavy (non-hydrogen) atoms. The molecule has 4 aliphatic rings. The van der Waals surface area contributed by atoms with Crippen molar-refractivity contribution in [2.24, 2.45) is 34.5 Å². The van der Waals surface area contributed by atoms with E-state index in [1.165, 1.54) is 12.0 Å². The number of allylic oxidation sites excluding steroid dienone is 3. The monoisotopic (exact) mass is 300 g/mol. The Morgan fingerprint density at radius 3 is 2.68 bits per heavy atom. The number of hydrogen-bond acceptors (Lipinski definition) is 2. The van der Waals surface area contributed by atoms with Crippen molar-refractivity contribution in [3.63, 3.8) is 0 Å². The highest BCUT2D eigenvalue weighted by Gasteiger charge is 2.57. The van der Waals surface area contributed by atoms with Crippen LogP contribution in [-0.2, 0) is 0 Å². The predicted molar refractivity (Wildman–Crippen MR) is 88.1 cm³/mol. The Kier molecular flexibility index (Phi) is 3.06. The quantitative estimate of drug-likeness (QED) is 0.673. The normalized spacial score (nSPS) is 56.1. The fraction of sp³-hybridized carbons (Fsp3) is 0.700. The van der Waals surface area contributed by atoms with Crippen LogP contribution >= 0.6 is 0 Å². The Bertz CT molecular complexity index is 574. The standard InChI is InChI=1S/C20H28O2/c1-12-10-13-11-14(21)6-8-19(13,2)16-7-9-20(3)15(18(12)16)4-5-17(20)22/h4-6,8,10,12,14-18,21-22H,7,9,11H2,1-3H3/t12?,14?,15-,16+,17?,18-,19-,20-/m0/s1. The van der Waals surface area contributed by atoms with Gasteiger partial charge in [-0.3, -0.25) is 0 Å². The summed E-state index contributed by atoms with van der Waals surface area (Å²) in [6.45, 7) is 6.97. The molecule has 0 aliphatic heterocycles. The minimum absolute atomic E-state index is 0.0228. The fourth-order valence-electron chi connectivity index (χ4n) is 6.02. The summed E-state index contributed by atoms with van der Waals surface area (Å²) in [5, 5.41) is 20.4. The van der Waals surface area contributed by atoms with Gasteiger partial charge < -0.3 is 10.2 Å². The zero-order chi connectivity index (χ0) is 15.7. The second kappa shape index (κ2) is 4.58. The van der Waals surface area contributed by atoms with E-state index < -0.39 is 0 Å². The maximum absolute atomic E-state index is 10.4. The van der Waals surface area contributed by atoms with Crippen molar-refractivity contribution < 1.29 is 10.2 Å². The average molecular weight is 300 g/mol. The number of aliphatic hydroxyl groups is 2. The lowest BCUT2D eigenvalue weighted by molar-refractivity contribution is -0.0587. The van der Waals surface area contributed by atoms with E-state index in [1.807, 2.05) is 12.2 Å². The summed E-state index contributed by atoms with van der Waals surface area (Å²) in [4.78, 5) is 0. The Labute approximate surface area is 133 Å². The third-order valence-corrected chi connectivity index (χ3v) is 7.44. The first kappa shape index (κ1) is 14.7. The number of fused-ring (bicyclic) bond motifs is 5. The van der Waals surface area contributed by atoms with Gasteiger partial charge >= 0.3 is 0 Å². The van der Waals surface area contributed by atoms with Crippen molar-refractivity contribution in [1.29, 1.82) is 0 Å². The van der Waals surface area contributed by atoms with Gasteiger partial charge in [-0.1, -0.05) is 56.7 Å². The van der Waals surface area contributed by atoms with Gasteiger partial charge in [0.2, 0.25) is 0 Å². The number of rotatable bonds is 0. The molecule has 8 atom stereocenters. The second-order valence-corrected chi connectivity index (χ2v) is 8.55. The van der Waals surface area contributed by atoms with Crippen LogP contribution in [0.3, 0.4) is 0 Å². The smallest absolute Gasteiger partial charge is 0.0780 e. The van der Waals surface area contributed by atoms with Gasteiger partial charge in [-0.25, -0.2) is 0 Å². The maximum atomic E-state index is 10.4. The van der Waals surface area contributed by atoms with E-state index in [4.69, 9.17) is 0 Å². The molecule has 3 unspecified atom stereocenters. The minimum Gasteiger partial charge on any atom is -0.389 e. The molecule has 0 radical (unpaired) electrons. The van der Waals surface area contributed by atoms with Crippen LogP contribution in [0, 0.1) is 34.5 Å². The molecule has 0 saturated heterocycles. The molecule has 2 N–H and O–H groups in total. The van der Waals surface area contributed by atoms with Crippen LogP contribution in [-0.4, -0.2) is 22.4 Å². The molecule has 1 fully saturated rings. The van der Waals surface area contributed by atoms with Crippen LogP contribution in [0.4, 0.5) is 0 Å². The van der Waals surface area contributed by atoms with Crippen LogP contribution in [0.25, 0.3) is 0 Å². The molecule has 0 aromatic rings. The van der Waals surface area contributed by atoms with Crippen LogP contribution in [0.2, 0.25) is 0 Å². The van der Waals surface area contributed by atoms with Crippen molar-refractivity contribution in [3.05, 3.63) is 36.0 Å². The molecule has 4 aliphatic carbocycles. The van der Waals surface area contributed by atoms with E-state index in [1.54, 1.807) is 0 Å². The van der Waals surface area contributed by atoms with Crippen molar-refractivity contribution in [1.82, 2.24) is 0 Å². The highest BCUT2D eigenvalue weighted by atomic mass is 16.3. The van der Waals surface area contributed by atoms with Gasteiger partial charge in [0, 0.05) is 10.8 Å². The molecular weight excluding hydrogens is 272 g/mol. The summed E-state index contributed by atoms with van der Waals surface area (Å²) < 4.78 is 0. The zero-order valence-corrected chi connectivity index (χ0v) is 13.9. The van der Waals surface area contributed by atoms with E-state index in [0.29, 0.717) is 23.7 Å². The molecular formula is C20H28O2. The molecule has 0 spiro atoms. The Morgan fingerprint density at radius 1 is 1.14 bits per heavy atom. The minimum atomic E-state index is -0.315. The second-order valence-electron chi connectivity index (χ2n) is 8.55. The van der Waals surface area contributed by atoms with Crippen molar-refractivity contribution in [2.75, 3.05) is 0 Å². The molecule has 120 valence electrons. The average Bonchev–Trinajstić information content (AvgIpc) is 2.77. The van der Waals surface area contributed by atoms with Gasteiger partial charge in [-0.05, 0) is 42.9 Å². The van der Waals surface area contributed by atoms with Gasteiger partial charge in [0.25, 0.3) is 0 Å². The molecule has 0 heterocycles. The summed E-state index contributed by atoms with van der Waals surface area (Å²) >= 11 is 0. The molecule has 0 bridgehead atoms. The Morgan fingerprint density at radius 2 is 1.91 bits per heavy atom. The molecule has 2 nitrogen and oxygen atoms in total. The Balaban J connectivity index is 1.78. The largest absolute Gasteiger partial charge is 0.389 e. The lowest BCUT2D eigenvalue weighted by Gasteiger charge is -2.57. The molecule has 2 heteroatoms. The topological polar surface area (TPSA) is 40.5 Å². The van der Waals surface area contributed by atoms with Gasteiger partial charge in [0.05, 0.1) is 12.2 Å². The molecule has 0 aromatic heterocycles. The zero-order valence-electron chi connectivity index (χ0n) is 13.9. The maximum Gasteiger partial charge on any atom is 0.0780 e. The first-order chi connectivity index (χ1) is 10.4. The summed E-state index contributed by atoms with van der Waals surface area (Å²) in [6.07, 6.45) is 13.5. The van der Waals surface area contributed by atoms with E-state index in [-0.39, 0.29) is 23.0 Å². The van der Waals surface area contributed by atoms with E-state index in [9.17, 15) is 10.2 Å². The van der Waals surface area contributed by atoms with Gasteiger partial charge in [0.1, 0.15) is 0 Å². The van der Waals surface area contributed by atoms with E-state index >= 15 is 0 Å². The SMILES string of the molecule is CC1C=C2CC(O)C=C[C@]2(C)[C@@H]2CC[C@]3(C)C(O)C=C[C@H]3[C@H]12. The van der Waals surface area contributed by atoms with Gasteiger partial charge in [-0.15, -0.1) is 0 Å². The van der Waals surface area contributed by atoms with Crippen LogP contribution in [0.15, 0.2) is 36.0 Å². The lowest BCUT2D eigenvalue weighted by Crippen LogP contribution is -2.52. The summed E-state index contributed by atoms with van der Waals surface area (Å²) in [6, 6.07) is 0. The fourth-order valence-corrected chi connectivity index (χ4v) is 6.02. The van der Waals surface area contributed by atoms with E-state index in [0.717, 1.165) is 12.8 Å². The first-order valence-electron chi connectivity index (χ1n) is 8.81. The van der Waals surface area contributed by atoms with E-state index in [2.05, 4.69) is 39.0 Å². The highest BCUT2D eigenvalue weighted by molar-refractivity contribution is 5.35. The third-order valence-electron chi connectivity index (χ3n) is 7.44. The van der Waals surface area contributed by atoms with Crippen LogP contribution in [0.5, 0.6) is 0 Å². The molecule has 1 saturated carbocycles. The van der Waals surface area contributed by atoms with Crippen molar-refractivity contribution >= 4 is 0 Å². The van der Waals surface area contributed by atoms with Crippen LogP contribution < -0.4 is 0 Å². The number of aliphatic hydroxyl groups excluding tert-OH is 2. The molecule has 0 amide bonds. The molecule has 0 aromatic carbocycles. The first-order valence-corrected chi connectivity index (χ1v) is 8.81. The predicted octanol–water partition coefficient (Wildman–Crippen LogP) is 3.47. The summed E-state index contributed by atoms with van der Waals surface area (Å²) in [7, 11) is 0. The third kappa shape index (κ3) is 1.74. The lowest BCUT2D eigenvalue weighted by atomic mass is 9.47. The molecule has 4 rings (SSSR count). The summed E-state index contributed by atoms with van der Waals surface area (Å²) in [5.74, 6) is 2.22. The van der Waals surface area contributed by atoms with Crippen molar-refractivity contribution in [2.45, 2.75) is 52.2 Å². The van der Waals surface area contributed by atoms with Crippen molar-refractivity contribution in [3.8, 4) is 0 Å². The van der Waals surface area contributed by atoms with Gasteiger partial charge in [0.15, 0.2) is 0 Å².